The minimum atomic E-state index is 0.458. The zero-order chi connectivity index (χ0) is 6.41. The third-order valence-corrected chi connectivity index (χ3v) is 0.992. The van der Waals surface area contributed by atoms with Crippen molar-refractivity contribution < 1.29 is 0 Å². The number of hydrogen-bond donors (Lipinski definition) is 0. The predicted octanol–water partition coefficient (Wildman–Crippen LogP) is 1.23. The molecule has 0 aromatic heterocycles. The Morgan fingerprint density at radius 2 is 2.38 bits per heavy atom. The van der Waals surface area contributed by atoms with Gasteiger partial charge in [0.05, 0.1) is 11.8 Å². The highest BCUT2D eigenvalue weighted by atomic mass is 35.5. The molecule has 0 aliphatic rings. The Labute approximate surface area is 53.6 Å². The molecule has 0 amide bonds. The molecule has 0 N–H and O–H groups in total. The first kappa shape index (κ1) is 7.69. The molecule has 48 valence electrons. The van der Waals surface area contributed by atoms with Crippen molar-refractivity contribution in [2.45, 2.75) is 6.92 Å². The fraction of sp³-hybridized carbons (Fsp3) is 1.00. The molecule has 8 heavy (non-hydrogen) atoms. The molecule has 0 atom stereocenters. The van der Waals surface area contributed by atoms with Crippen LogP contribution in [0.1, 0.15) is 6.92 Å². The normalized spacial score (nSPS) is 8.75. The smallest absolute Gasteiger partial charge is 0.0527 e. The first-order chi connectivity index (χ1) is 3.85. The summed E-state index contributed by atoms with van der Waals surface area (Å²) >= 11 is 5.31. The first-order valence-electron chi connectivity index (χ1n) is 2.49. The number of halogens is 1. The van der Waals surface area contributed by atoms with Crippen molar-refractivity contribution in [3.63, 3.8) is 0 Å². The van der Waals surface area contributed by atoms with E-state index in [1.54, 1.807) is 0 Å². The zero-order valence-corrected chi connectivity index (χ0v) is 5.56. The van der Waals surface area contributed by atoms with Crippen LogP contribution in [0.5, 0.6) is 0 Å². The number of nitrogens with zero attached hydrogens (tertiary/aromatic N) is 2. The highest BCUT2D eigenvalue weighted by Crippen LogP contribution is 1.87. The average Bonchev–Trinajstić information content (AvgIpc) is 1.83. The number of hydrogen-bond acceptors (Lipinski definition) is 2. The maximum absolute atomic E-state index is 9.74. The second kappa shape index (κ2) is 4.84. The third kappa shape index (κ3) is 2.80. The molecule has 4 heteroatoms. The van der Waals surface area contributed by atoms with Gasteiger partial charge in [0.15, 0.2) is 0 Å². The standard InChI is InChI=1S/C4H9ClN2O/c1-2-7(6-8)4-3-5/h2-4H2,1H3. The van der Waals surface area contributed by atoms with Gasteiger partial charge in [-0.25, -0.2) is 0 Å². The second-order valence-corrected chi connectivity index (χ2v) is 1.69. The fourth-order valence-electron chi connectivity index (χ4n) is 0.354. The summed E-state index contributed by atoms with van der Waals surface area (Å²) in [6, 6.07) is 0. The van der Waals surface area contributed by atoms with Gasteiger partial charge in [-0.2, -0.15) is 0 Å². The van der Waals surface area contributed by atoms with Crippen LogP contribution in [0.3, 0.4) is 0 Å². The Morgan fingerprint density at radius 3 is 2.50 bits per heavy atom. The number of rotatable bonds is 4. The highest BCUT2D eigenvalue weighted by Gasteiger charge is 1.93. The number of nitroso groups, excluding NO2 is 1. The van der Waals surface area contributed by atoms with Crippen molar-refractivity contribution in [3.05, 3.63) is 4.91 Å². The van der Waals surface area contributed by atoms with E-state index in [9.17, 15) is 4.91 Å². The van der Waals surface area contributed by atoms with Crippen LogP contribution in [-0.4, -0.2) is 24.0 Å². The van der Waals surface area contributed by atoms with Crippen molar-refractivity contribution in [2.24, 2.45) is 5.29 Å². The van der Waals surface area contributed by atoms with Gasteiger partial charge < -0.3 is 0 Å². The lowest BCUT2D eigenvalue weighted by Gasteiger charge is -2.07. The monoisotopic (exact) mass is 136 g/mol. The molecule has 0 unspecified atom stereocenters. The van der Waals surface area contributed by atoms with E-state index >= 15 is 0 Å². The molecule has 0 saturated carbocycles. The molecule has 0 fully saturated rings. The lowest BCUT2D eigenvalue weighted by Crippen LogP contribution is -2.17. The molecule has 0 aliphatic carbocycles. The van der Waals surface area contributed by atoms with E-state index in [-0.39, 0.29) is 0 Å². The highest BCUT2D eigenvalue weighted by molar-refractivity contribution is 6.18. The van der Waals surface area contributed by atoms with Crippen LogP contribution < -0.4 is 0 Å². The molecule has 0 rings (SSSR count). The zero-order valence-electron chi connectivity index (χ0n) is 4.80. The van der Waals surface area contributed by atoms with Crippen LogP contribution in [0.2, 0.25) is 0 Å². The first-order valence-corrected chi connectivity index (χ1v) is 3.02. The van der Waals surface area contributed by atoms with Gasteiger partial charge >= 0.3 is 0 Å². The predicted molar refractivity (Wildman–Crippen MR) is 33.8 cm³/mol. The van der Waals surface area contributed by atoms with Gasteiger partial charge in [0, 0.05) is 12.4 Å². The molecule has 3 nitrogen and oxygen atoms in total. The van der Waals surface area contributed by atoms with Gasteiger partial charge in [0.1, 0.15) is 0 Å². The Kier molecular flexibility index (Phi) is 4.65. The summed E-state index contributed by atoms with van der Waals surface area (Å²) < 4.78 is 0. The van der Waals surface area contributed by atoms with E-state index in [2.05, 4.69) is 5.29 Å². The van der Waals surface area contributed by atoms with Crippen LogP contribution >= 0.6 is 11.6 Å². The van der Waals surface area contributed by atoms with Crippen molar-refractivity contribution in [1.29, 1.82) is 0 Å². The van der Waals surface area contributed by atoms with Crippen molar-refractivity contribution in [3.8, 4) is 0 Å². The minimum Gasteiger partial charge on any atom is -0.260 e. The Hall–Kier alpha value is -0.310. The Bertz CT molecular complexity index is 69.1. The fourth-order valence-corrected chi connectivity index (χ4v) is 0.549. The summed E-state index contributed by atoms with van der Waals surface area (Å²) in [5.41, 5.74) is 0. The van der Waals surface area contributed by atoms with E-state index in [1.807, 2.05) is 6.92 Å². The minimum absolute atomic E-state index is 0.458. The van der Waals surface area contributed by atoms with E-state index in [0.29, 0.717) is 19.0 Å². The van der Waals surface area contributed by atoms with Crippen LogP contribution in [0.25, 0.3) is 0 Å². The van der Waals surface area contributed by atoms with E-state index in [0.717, 1.165) is 0 Å². The lowest BCUT2D eigenvalue weighted by molar-refractivity contribution is 0.319. The molecule has 0 spiro atoms. The molecule has 0 saturated heterocycles. The maximum atomic E-state index is 9.74. The third-order valence-electron chi connectivity index (χ3n) is 0.823. The molecular weight excluding hydrogens is 128 g/mol. The summed E-state index contributed by atoms with van der Waals surface area (Å²) in [4.78, 5) is 9.74. The van der Waals surface area contributed by atoms with E-state index in [4.69, 9.17) is 11.6 Å². The molecule has 0 aliphatic heterocycles. The van der Waals surface area contributed by atoms with Gasteiger partial charge in [-0.1, -0.05) is 0 Å². The van der Waals surface area contributed by atoms with Gasteiger partial charge in [-0.05, 0) is 6.92 Å². The van der Waals surface area contributed by atoms with Gasteiger partial charge in [-0.15, -0.1) is 16.5 Å². The quantitative estimate of drug-likeness (QED) is 0.331. The van der Waals surface area contributed by atoms with Crippen molar-refractivity contribution in [2.75, 3.05) is 19.0 Å². The Morgan fingerprint density at radius 1 is 1.75 bits per heavy atom. The summed E-state index contributed by atoms with van der Waals surface area (Å²) in [6.07, 6.45) is 0. The van der Waals surface area contributed by atoms with E-state index < -0.39 is 0 Å². The van der Waals surface area contributed by atoms with Crippen LogP contribution in [0, 0.1) is 4.91 Å². The maximum Gasteiger partial charge on any atom is 0.0527 e. The van der Waals surface area contributed by atoms with Crippen molar-refractivity contribution >= 4 is 11.6 Å². The SMILES string of the molecule is CCN(CCCl)N=O. The topological polar surface area (TPSA) is 32.7 Å². The second-order valence-electron chi connectivity index (χ2n) is 1.32. The molecule has 0 radical (unpaired) electrons. The molecule has 0 aromatic rings. The molecule has 0 aromatic carbocycles. The molecule has 0 bridgehead atoms. The van der Waals surface area contributed by atoms with E-state index in [1.165, 1.54) is 5.01 Å². The van der Waals surface area contributed by atoms with Crippen molar-refractivity contribution in [1.82, 2.24) is 5.01 Å². The summed E-state index contributed by atoms with van der Waals surface area (Å²) in [7, 11) is 0. The van der Waals surface area contributed by atoms with Crippen LogP contribution in [-0.2, 0) is 0 Å². The molecule has 0 heterocycles. The Balaban J connectivity index is 3.21. The van der Waals surface area contributed by atoms with Gasteiger partial charge in [0.25, 0.3) is 0 Å². The van der Waals surface area contributed by atoms with Crippen LogP contribution in [0.4, 0.5) is 0 Å². The summed E-state index contributed by atoms with van der Waals surface area (Å²) in [6.45, 7) is 3.03. The summed E-state index contributed by atoms with van der Waals surface area (Å²) in [5, 5.41) is 4.06. The largest absolute Gasteiger partial charge is 0.260 e. The molecular formula is C4H9ClN2O. The van der Waals surface area contributed by atoms with Gasteiger partial charge in [0.2, 0.25) is 0 Å². The number of alkyl halides is 1. The summed E-state index contributed by atoms with van der Waals surface area (Å²) in [5.74, 6) is 0.458. The lowest BCUT2D eigenvalue weighted by atomic mass is 10.6. The average molecular weight is 137 g/mol. The van der Waals surface area contributed by atoms with Gasteiger partial charge in [-0.3, -0.25) is 5.01 Å². The van der Waals surface area contributed by atoms with Crippen LogP contribution in [0.15, 0.2) is 5.29 Å².